The maximum Gasteiger partial charge on any atom is 0.226 e. The molecule has 2 N–H and O–H groups in total. The number of amides is 1. The molecule has 0 bridgehead atoms. The van der Waals surface area contributed by atoms with E-state index in [0.717, 1.165) is 11.1 Å². The van der Waals surface area contributed by atoms with Gasteiger partial charge in [0, 0.05) is 17.9 Å². The van der Waals surface area contributed by atoms with Crippen molar-refractivity contribution in [2.24, 2.45) is 0 Å². The number of carbonyl (C=O) groups excluding carboxylic acids is 1. The molecule has 1 aliphatic heterocycles. The zero-order valence-corrected chi connectivity index (χ0v) is 9.47. The van der Waals surface area contributed by atoms with E-state index < -0.39 is 0 Å². The minimum atomic E-state index is -0.0268. The van der Waals surface area contributed by atoms with Crippen molar-refractivity contribution in [3.63, 3.8) is 0 Å². The number of carbonyl (C=O) groups is 1. The number of fused-ring (bicyclic) bond motifs is 1. The number of nitrogens with one attached hydrogen (secondary N) is 2. The molecule has 0 radical (unpaired) electrons. The van der Waals surface area contributed by atoms with Crippen molar-refractivity contribution in [2.75, 3.05) is 5.32 Å². The number of nitriles is 1. The molecule has 0 saturated carbocycles. The van der Waals surface area contributed by atoms with E-state index in [2.05, 4.69) is 21.6 Å². The summed E-state index contributed by atoms with van der Waals surface area (Å²) in [6, 6.07) is 9.39. The lowest BCUT2D eigenvalue weighted by Gasteiger charge is -2.22. The Morgan fingerprint density at radius 3 is 2.83 bits per heavy atom. The molecule has 5 heteroatoms. The Labute approximate surface area is 103 Å². The molecule has 3 rings (SSSR count). The Bertz CT molecular complexity index is 636. The normalized spacial score (nSPS) is 17.7. The monoisotopic (exact) mass is 238 g/mol. The van der Waals surface area contributed by atoms with Gasteiger partial charge in [-0.05, 0) is 17.7 Å². The van der Waals surface area contributed by atoms with E-state index in [1.165, 1.54) is 0 Å². The van der Waals surface area contributed by atoms with Gasteiger partial charge in [-0.3, -0.25) is 9.89 Å². The zero-order valence-electron chi connectivity index (χ0n) is 9.47. The summed E-state index contributed by atoms with van der Waals surface area (Å²) in [5, 5.41) is 18.3. The Balaban J connectivity index is 2.02. The lowest BCUT2D eigenvalue weighted by atomic mass is 9.87. The number of benzene rings is 1. The minimum Gasteiger partial charge on any atom is -0.311 e. The molecular weight excluding hydrogens is 228 g/mol. The SMILES string of the molecule is N#Cc1ccc(C2CC(=O)Nc3[nH]ncc32)cc1. The third-order valence-electron chi connectivity index (χ3n) is 3.14. The van der Waals surface area contributed by atoms with Gasteiger partial charge in [0.1, 0.15) is 5.82 Å². The van der Waals surface area contributed by atoms with Gasteiger partial charge in [-0.1, -0.05) is 12.1 Å². The Morgan fingerprint density at radius 2 is 2.11 bits per heavy atom. The molecule has 1 atom stereocenters. The summed E-state index contributed by atoms with van der Waals surface area (Å²) in [5.41, 5.74) is 2.62. The van der Waals surface area contributed by atoms with Crippen molar-refractivity contribution in [3.8, 4) is 6.07 Å². The number of H-pyrrole nitrogens is 1. The maximum absolute atomic E-state index is 11.6. The van der Waals surface area contributed by atoms with Crippen LogP contribution < -0.4 is 5.32 Å². The van der Waals surface area contributed by atoms with Crippen LogP contribution in [0.25, 0.3) is 0 Å². The second-order valence-corrected chi connectivity index (χ2v) is 4.24. The third-order valence-corrected chi connectivity index (χ3v) is 3.14. The first kappa shape index (κ1) is 10.5. The first-order valence-electron chi connectivity index (χ1n) is 5.61. The van der Waals surface area contributed by atoms with Crippen LogP contribution >= 0.6 is 0 Å². The minimum absolute atomic E-state index is 0.000225. The summed E-state index contributed by atoms with van der Waals surface area (Å²) in [7, 11) is 0. The molecule has 0 saturated heterocycles. The summed E-state index contributed by atoms with van der Waals surface area (Å²) >= 11 is 0. The molecule has 18 heavy (non-hydrogen) atoms. The Kier molecular flexibility index (Phi) is 2.34. The van der Waals surface area contributed by atoms with E-state index in [1.54, 1.807) is 18.3 Å². The van der Waals surface area contributed by atoms with Gasteiger partial charge in [-0.2, -0.15) is 10.4 Å². The fourth-order valence-electron chi connectivity index (χ4n) is 2.23. The van der Waals surface area contributed by atoms with Gasteiger partial charge in [-0.25, -0.2) is 0 Å². The maximum atomic E-state index is 11.6. The van der Waals surface area contributed by atoms with Crippen LogP contribution in [0.5, 0.6) is 0 Å². The average Bonchev–Trinajstić information content (AvgIpc) is 2.86. The predicted octanol–water partition coefficient (Wildman–Crippen LogP) is 1.76. The largest absolute Gasteiger partial charge is 0.311 e. The summed E-state index contributed by atoms with van der Waals surface area (Å²) in [6.45, 7) is 0. The van der Waals surface area contributed by atoms with Crippen LogP contribution in [-0.2, 0) is 4.79 Å². The highest BCUT2D eigenvalue weighted by Gasteiger charge is 2.27. The summed E-state index contributed by atoms with van der Waals surface area (Å²) < 4.78 is 0. The number of aromatic amines is 1. The molecule has 0 aliphatic carbocycles. The van der Waals surface area contributed by atoms with Crippen LogP contribution in [0, 0.1) is 11.3 Å². The van der Waals surface area contributed by atoms with Crippen LogP contribution in [0.2, 0.25) is 0 Å². The van der Waals surface area contributed by atoms with Crippen molar-refractivity contribution in [3.05, 3.63) is 47.2 Å². The van der Waals surface area contributed by atoms with Gasteiger partial charge in [0.05, 0.1) is 17.8 Å². The van der Waals surface area contributed by atoms with E-state index >= 15 is 0 Å². The van der Waals surface area contributed by atoms with E-state index in [4.69, 9.17) is 5.26 Å². The number of rotatable bonds is 1. The van der Waals surface area contributed by atoms with Gasteiger partial charge >= 0.3 is 0 Å². The number of aromatic nitrogens is 2. The van der Waals surface area contributed by atoms with Crippen LogP contribution in [0.3, 0.4) is 0 Å². The van der Waals surface area contributed by atoms with Crippen molar-refractivity contribution in [1.29, 1.82) is 5.26 Å². The number of hydrogen-bond acceptors (Lipinski definition) is 3. The molecule has 1 aromatic carbocycles. The van der Waals surface area contributed by atoms with Crippen molar-refractivity contribution >= 4 is 11.7 Å². The highest BCUT2D eigenvalue weighted by Crippen LogP contribution is 2.35. The van der Waals surface area contributed by atoms with Crippen molar-refractivity contribution in [1.82, 2.24) is 10.2 Å². The second-order valence-electron chi connectivity index (χ2n) is 4.24. The molecule has 1 aliphatic rings. The average molecular weight is 238 g/mol. The fourth-order valence-corrected chi connectivity index (χ4v) is 2.23. The van der Waals surface area contributed by atoms with E-state index in [-0.39, 0.29) is 11.8 Å². The van der Waals surface area contributed by atoms with E-state index in [1.807, 2.05) is 12.1 Å². The van der Waals surface area contributed by atoms with Gasteiger partial charge < -0.3 is 5.32 Å². The smallest absolute Gasteiger partial charge is 0.226 e. The molecule has 2 aromatic rings. The summed E-state index contributed by atoms with van der Waals surface area (Å²) in [5.74, 6) is 0.641. The molecule has 1 unspecified atom stereocenters. The lowest BCUT2D eigenvalue weighted by molar-refractivity contribution is -0.116. The first-order chi connectivity index (χ1) is 8.78. The second kappa shape index (κ2) is 4.00. The van der Waals surface area contributed by atoms with E-state index in [0.29, 0.717) is 17.8 Å². The zero-order chi connectivity index (χ0) is 12.5. The van der Waals surface area contributed by atoms with Gasteiger partial charge in [-0.15, -0.1) is 0 Å². The highest BCUT2D eigenvalue weighted by molar-refractivity contribution is 5.94. The van der Waals surface area contributed by atoms with Crippen LogP contribution in [-0.4, -0.2) is 16.1 Å². The highest BCUT2D eigenvalue weighted by atomic mass is 16.1. The quantitative estimate of drug-likeness (QED) is 0.794. The molecule has 5 nitrogen and oxygen atoms in total. The van der Waals surface area contributed by atoms with E-state index in [9.17, 15) is 4.79 Å². The lowest BCUT2D eigenvalue weighted by Crippen LogP contribution is -2.22. The van der Waals surface area contributed by atoms with Gasteiger partial charge in [0.2, 0.25) is 5.91 Å². The van der Waals surface area contributed by atoms with Gasteiger partial charge in [0.15, 0.2) is 0 Å². The standard InChI is InChI=1S/C13H10N4O/c14-6-8-1-3-9(4-2-8)10-5-12(18)16-13-11(10)7-15-17-13/h1-4,7,10H,5H2,(H2,15,16,17,18). The van der Waals surface area contributed by atoms with Crippen molar-refractivity contribution in [2.45, 2.75) is 12.3 Å². The Hall–Kier alpha value is -2.61. The Morgan fingerprint density at radius 1 is 1.33 bits per heavy atom. The van der Waals surface area contributed by atoms with Crippen LogP contribution in [0.4, 0.5) is 5.82 Å². The number of hydrogen-bond donors (Lipinski definition) is 2. The predicted molar refractivity (Wildman–Crippen MR) is 64.8 cm³/mol. The third kappa shape index (κ3) is 1.64. The molecule has 0 spiro atoms. The summed E-state index contributed by atoms with van der Waals surface area (Å²) in [4.78, 5) is 11.6. The number of anilines is 1. The molecular formula is C13H10N4O. The molecule has 1 amide bonds. The molecule has 1 aromatic heterocycles. The summed E-state index contributed by atoms with van der Waals surface area (Å²) in [6.07, 6.45) is 2.13. The molecule has 2 heterocycles. The van der Waals surface area contributed by atoms with Crippen molar-refractivity contribution < 1.29 is 4.79 Å². The number of nitrogens with zero attached hydrogens (tertiary/aromatic N) is 2. The first-order valence-corrected chi connectivity index (χ1v) is 5.61. The van der Waals surface area contributed by atoms with Gasteiger partial charge in [0.25, 0.3) is 0 Å². The molecule has 88 valence electrons. The fraction of sp³-hybridized carbons (Fsp3) is 0.154. The van der Waals surface area contributed by atoms with Crippen LogP contribution in [0.1, 0.15) is 29.0 Å². The van der Waals surface area contributed by atoms with Crippen LogP contribution in [0.15, 0.2) is 30.5 Å². The molecule has 0 fully saturated rings. The topological polar surface area (TPSA) is 81.6 Å².